The third kappa shape index (κ3) is 2.61. The Labute approximate surface area is 106 Å². The summed E-state index contributed by atoms with van der Waals surface area (Å²) < 4.78 is 0.590. The van der Waals surface area contributed by atoms with E-state index in [1.165, 1.54) is 29.8 Å². The molecular formula is C11H6ClN3OS. The molecule has 2 rings (SSSR count). The summed E-state index contributed by atoms with van der Waals surface area (Å²) in [7, 11) is 0. The number of anilines is 1. The van der Waals surface area contributed by atoms with Gasteiger partial charge in [0.1, 0.15) is 6.07 Å². The second kappa shape index (κ2) is 4.95. The summed E-state index contributed by atoms with van der Waals surface area (Å²) in [6.45, 7) is 0. The number of hydrogen-bond acceptors (Lipinski definition) is 4. The number of carbonyl (C=O) groups is 1. The lowest BCUT2D eigenvalue weighted by molar-refractivity contribution is 0.102. The van der Waals surface area contributed by atoms with Crippen molar-refractivity contribution in [2.45, 2.75) is 0 Å². The van der Waals surface area contributed by atoms with Crippen LogP contribution in [-0.4, -0.2) is 10.9 Å². The molecule has 84 valence electrons. The number of nitrogens with zero attached hydrogens (tertiary/aromatic N) is 2. The third-order valence-electron chi connectivity index (χ3n) is 2.00. The number of amides is 1. The highest BCUT2D eigenvalue weighted by atomic mass is 35.5. The molecule has 0 spiro atoms. The number of thiophene rings is 1. The molecule has 0 aliphatic heterocycles. The van der Waals surface area contributed by atoms with E-state index < -0.39 is 0 Å². The van der Waals surface area contributed by atoms with Gasteiger partial charge in [-0.3, -0.25) is 9.78 Å². The molecule has 4 nitrogen and oxygen atoms in total. The largest absolute Gasteiger partial charge is 0.313 e. The van der Waals surface area contributed by atoms with Gasteiger partial charge in [0.05, 0.1) is 20.5 Å². The molecule has 6 heteroatoms. The topological polar surface area (TPSA) is 65.8 Å². The molecule has 2 aromatic rings. The zero-order valence-electron chi connectivity index (χ0n) is 8.48. The van der Waals surface area contributed by atoms with Crippen molar-refractivity contribution in [2.75, 3.05) is 5.32 Å². The molecule has 2 aromatic heterocycles. The summed E-state index contributed by atoms with van der Waals surface area (Å²) >= 11 is 7.01. The number of nitrogens with one attached hydrogen (secondary N) is 1. The molecule has 0 unspecified atom stereocenters. The summed E-state index contributed by atoms with van der Waals surface area (Å²) in [5.74, 6) is -0.367. The molecule has 0 saturated heterocycles. The zero-order valence-corrected chi connectivity index (χ0v) is 10.0. The predicted molar refractivity (Wildman–Crippen MR) is 66.2 cm³/mol. The zero-order chi connectivity index (χ0) is 12.3. The van der Waals surface area contributed by atoms with E-state index in [0.29, 0.717) is 14.9 Å². The maximum absolute atomic E-state index is 11.9. The fraction of sp³-hybridized carbons (Fsp3) is 0. The van der Waals surface area contributed by atoms with E-state index in [-0.39, 0.29) is 11.5 Å². The molecule has 0 saturated carbocycles. The van der Waals surface area contributed by atoms with E-state index in [1.807, 2.05) is 6.07 Å². The Kier molecular flexibility index (Phi) is 3.38. The van der Waals surface area contributed by atoms with Crippen molar-refractivity contribution in [3.05, 3.63) is 46.1 Å². The lowest BCUT2D eigenvalue weighted by Crippen LogP contribution is -2.12. The van der Waals surface area contributed by atoms with Crippen molar-refractivity contribution < 1.29 is 4.79 Å². The molecule has 2 heterocycles. The minimum atomic E-state index is -0.367. The number of halogens is 1. The van der Waals surface area contributed by atoms with Crippen LogP contribution >= 0.6 is 22.9 Å². The minimum absolute atomic E-state index is 0.250. The SMILES string of the molecule is N#Cc1ccncc1C(=O)Nc1ccc(Cl)s1. The summed E-state index contributed by atoms with van der Waals surface area (Å²) in [6.07, 6.45) is 2.83. The summed E-state index contributed by atoms with van der Waals surface area (Å²) in [5.41, 5.74) is 0.541. The highest BCUT2D eigenvalue weighted by molar-refractivity contribution is 7.20. The van der Waals surface area contributed by atoms with E-state index in [0.717, 1.165) is 0 Å². The summed E-state index contributed by atoms with van der Waals surface area (Å²) in [5, 5.41) is 12.2. The normalized spacial score (nSPS) is 9.65. The second-order valence-corrected chi connectivity index (χ2v) is 4.81. The Morgan fingerprint density at radius 1 is 1.47 bits per heavy atom. The van der Waals surface area contributed by atoms with Gasteiger partial charge in [-0.1, -0.05) is 11.6 Å². The van der Waals surface area contributed by atoms with E-state index in [9.17, 15) is 4.79 Å². The van der Waals surface area contributed by atoms with Crippen molar-refractivity contribution in [2.24, 2.45) is 0 Å². The molecular weight excluding hydrogens is 258 g/mol. The Hall–Kier alpha value is -1.90. The molecule has 0 aliphatic carbocycles. The van der Waals surface area contributed by atoms with Crippen LogP contribution < -0.4 is 5.32 Å². The summed E-state index contributed by atoms with van der Waals surface area (Å²) in [4.78, 5) is 15.7. The van der Waals surface area contributed by atoms with Crippen LogP contribution in [0.15, 0.2) is 30.6 Å². The average molecular weight is 264 g/mol. The average Bonchev–Trinajstić information content (AvgIpc) is 2.74. The fourth-order valence-electron chi connectivity index (χ4n) is 1.23. The molecule has 0 aliphatic rings. The van der Waals surface area contributed by atoms with Crippen molar-refractivity contribution in [1.82, 2.24) is 4.98 Å². The Morgan fingerprint density at radius 2 is 2.29 bits per heavy atom. The van der Waals surface area contributed by atoms with Gasteiger partial charge in [0, 0.05) is 12.4 Å². The second-order valence-electron chi connectivity index (χ2n) is 3.09. The van der Waals surface area contributed by atoms with Crippen molar-refractivity contribution in [3.8, 4) is 6.07 Å². The van der Waals surface area contributed by atoms with Crippen LogP contribution in [0, 0.1) is 11.3 Å². The first-order valence-corrected chi connectivity index (χ1v) is 5.81. The smallest absolute Gasteiger partial charge is 0.259 e. The molecule has 0 atom stereocenters. The molecule has 0 bridgehead atoms. The number of carbonyl (C=O) groups excluding carboxylic acids is 1. The van der Waals surface area contributed by atoms with Crippen molar-refractivity contribution >= 4 is 33.8 Å². The number of hydrogen-bond donors (Lipinski definition) is 1. The maximum Gasteiger partial charge on any atom is 0.259 e. The molecule has 0 aromatic carbocycles. The predicted octanol–water partition coefficient (Wildman–Crippen LogP) is 2.92. The fourth-order valence-corrected chi connectivity index (χ4v) is 2.17. The monoisotopic (exact) mass is 263 g/mol. The first kappa shape index (κ1) is 11.6. The first-order valence-electron chi connectivity index (χ1n) is 4.61. The highest BCUT2D eigenvalue weighted by Gasteiger charge is 2.12. The van der Waals surface area contributed by atoms with E-state index in [2.05, 4.69) is 10.3 Å². The van der Waals surface area contributed by atoms with Crippen LogP contribution in [0.1, 0.15) is 15.9 Å². The lowest BCUT2D eigenvalue weighted by atomic mass is 10.1. The Balaban J connectivity index is 2.23. The molecule has 1 N–H and O–H groups in total. The van der Waals surface area contributed by atoms with E-state index in [4.69, 9.17) is 16.9 Å². The Bertz CT molecular complexity index is 603. The van der Waals surface area contributed by atoms with Crippen LogP contribution in [0.3, 0.4) is 0 Å². The van der Waals surface area contributed by atoms with Gasteiger partial charge in [-0.15, -0.1) is 11.3 Å². The molecule has 17 heavy (non-hydrogen) atoms. The molecule has 0 radical (unpaired) electrons. The standard InChI is InChI=1S/C11H6ClN3OS/c12-9-1-2-10(17-9)15-11(16)8-6-14-4-3-7(8)5-13/h1-4,6H,(H,15,16). The van der Waals surface area contributed by atoms with Gasteiger partial charge in [-0.2, -0.15) is 5.26 Å². The number of pyridine rings is 1. The maximum atomic E-state index is 11.9. The van der Waals surface area contributed by atoms with Gasteiger partial charge in [0.2, 0.25) is 0 Å². The van der Waals surface area contributed by atoms with Crippen LogP contribution in [-0.2, 0) is 0 Å². The van der Waals surface area contributed by atoms with E-state index >= 15 is 0 Å². The van der Waals surface area contributed by atoms with Gasteiger partial charge in [0.15, 0.2) is 0 Å². The van der Waals surface area contributed by atoms with Gasteiger partial charge in [-0.25, -0.2) is 0 Å². The number of nitriles is 1. The van der Waals surface area contributed by atoms with Gasteiger partial charge in [0.25, 0.3) is 5.91 Å². The Morgan fingerprint density at radius 3 is 2.94 bits per heavy atom. The molecule has 0 fully saturated rings. The van der Waals surface area contributed by atoms with Gasteiger partial charge >= 0.3 is 0 Å². The third-order valence-corrected chi connectivity index (χ3v) is 3.14. The van der Waals surface area contributed by atoms with Crippen LogP contribution in [0.5, 0.6) is 0 Å². The quantitative estimate of drug-likeness (QED) is 0.906. The highest BCUT2D eigenvalue weighted by Crippen LogP contribution is 2.26. The summed E-state index contributed by atoms with van der Waals surface area (Å²) in [6, 6.07) is 6.83. The van der Waals surface area contributed by atoms with Crippen LogP contribution in [0.2, 0.25) is 4.34 Å². The minimum Gasteiger partial charge on any atom is -0.313 e. The van der Waals surface area contributed by atoms with Crippen LogP contribution in [0.4, 0.5) is 5.00 Å². The van der Waals surface area contributed by atoms with Gasteiger partial charge in [-0.05, 0) is 18.2 Å². The lowest BCUT2D eigenvalue weighted by Gasteiger charge is -2.03. The van der Waals surface area contributed by atoms with E-state index in [1.54, 1.807) is 12.1 Å². The van der Waals surface area contributed by atoms with Crippen LogP contribution in [0.25, 0.3) is 0 Å². The first-order chi connectivity index (χ1) is 8.20. The van der Waals surface area contributed by atoms with Crippen molar-refractivity contribution in [3.63, 3.8) is 0 Å². The molecule has 1 amide bonds. The number of rotatable bonds is 2. The van der Waals surface area contributed by atoms with Gasteiger partial charge < -0.3 is 5.32 Å². The van der Waals surface area contributed by atoms with Crippen molar-refractivity contribution in [1.29, 1.82) is 5.26 Å². The number of aromatic nitrogens is 1.